The van der Waals surface area contributed by atoms with Crippen LogP contribution in [0.3, 0.4) is 0 Å². The van der Waals surface area contributed by atoms with Gasteiger partial charge in [0.1, 0.15) is 0 Å². The second-order valence-electron chi connectivity index (χ2n) is 5.23. The lowest BCUT2D eigenvalue weighted by atomic mass is 9.91. The average Bonchev–Trinajstić information content (AvgIpc) is 3.17. The Balaban J connectivity index is 1.89. The van der Waals surface area contributed by atoms with Crippen LogP contribution in [0.25, 0.3) is 22.2 Å². The Kier molecular flexibility index (Phi) is 2.77. The number of hydrogen-bond donors (Lipinski definition) is 2. The third-order valence-corrected chi connectivity index (χ3v) is 4.06. The SMILES string of the molecule is c1cc(-c2ccoc2)c2c(C3CCNCC3)[nH]nc2n1. The molecule has 0 spiro atoms. The summed E-state index contributed by atoms with van der Waals surface area (Å²) in [6, 6.07) is 4.02. The first kappa shape index (κ1) is 11.7. The number of furan rings is 1. The van der Waals surface area contributed by atoms with Gasteiger partial charge >= 0.3 is 0 Å². The second kappa shape index (κ2) is 4.76. The van der Waals surface area contributed by atoms with E-state index in [0.717, 1.165) is 48.1 Å². The van der Waals surface area contributed by atoms with Crippen LogP contribution in [0.5, 0.6) is 0 Å². The maximum atomic E-state index is 5.22. The van der Waals surface area contributed by atoms with Crippen molar-refractivity contribution in [1.29, 1.82) is 0 Å². The highest BCUT2D eigenvalue weighted by atomic mass is 16.3. The summed E-state index contributed by atoms with van der Waals surface area (Å²) in [6.45, 7) is 2.12. The van der Waals surface area contributed by atoms with Gasteiger partial charge in [-0.3, -0.25) is 5.10 Å². The summed E-state index contributed by atoms with van der Waals surface area (Å²) in [5.74, 6) is 0.524. The van der Waals surface area contributed by atoms with Crippen molar-refractivity contribution in [3.05, 3.63) is 36.5 Å². The number of piperidine rings is 1. The number of pyridine rings is 1. The van der Waals surface area contributed by atoms with Gasteiger partial charge in [0.25, 0.3) is 0 Å². The molecule has 1 saturated heterocycles. The molecule has 0 saturated carbocycles. The molecule has 20 heavy (non-hydrogen) atoms. The van der Waals surface area contributed by atoms with E-state index in [0.29, 0.717) is 5.92 Å². The van der Waals surface area contributed by atoms with Gasteiger partial charge < -0.3 is 9.73 Å². The van der Waals surface area contributed by atoms with E-state index in [1.54, 1.807) is 18.7 Å². The van der Waals surface area contributed by atoms with E-state index in [9.17, 15) is 0 Å². The van der Waals surface area contributed by atoms with E-state index in [2.05, 4.69) is 20.5 Å². The number of H-pyrrole nitrogens is 1. The van der Waals surface area contributed by atoms with Gasteiger partial charge in [-0.25, -0.2) is 4.98 Å². The molecular formula is C15H16N4O. The zero-order chi connectivity index (χ0) is 13.4. The molecule has 1 aliphatic rings. The predicted molar refractivity (Wildman–Crippen MR) is 76.4 cm³/mol. The first-order chi connectivity index (χ1) is 9.93. The van der Waals surface area contributed by atoms with Gasteiger partial charge in [-0.05, 0) is 43.6 Å². The first-order valence-corrected chi connectivity index (χ1v) is 7.00. The standard InChI is InChI=1S/C15H16N4O/c1-5-16-6-2-10(1)14-13-12(11-4-8-20-9-11)3-7-17-15(13)19-18-14/h3-4,7-10,16H,1-2,5-6H2,(H,17,18,19). The molecule has 5 heteroatoms. The molecule has 3 aromatic heterocycles. The van der Waals surface area contributed by atoms with Crippen molar-refractivity contribution in [2.24, 2.45) is 0 Å². The quantitative estimate of drug-likeness (QED) is 0.750. The number of aromatic nitrogens is 3. The molecule has 1 aliphatic heterocycles. The number of aromatic amines is 1. The molecule has 0 atom stereocenters. The smallest absolute Gasteiger partial charge is 0.181 e. The monoisotopic (exact) mass is 268 g/mol. The highest BCUT2D eigenvalue weighted by Gasteiger charge is 2.22. The molecule has 2 N–H and O–H groups in total. The van der Waals surface area contributed by atoms with E-state index in [-0.39, 0.29) is 0 Å². The molecule has 4 heterocycles. The fourth-order valence-electron chi connectivity index (χ4n) is 3.03. The van der Waals surface area contributed by atoms with Crippen molar-refractivity contribution in [2.75, 3.05) is 13.1 Å². The molecule has 3 aromatic rings. The van der Waals surface area contributed by atoms with Gasteiger partial charge in [0.2, 0.25) is 0 Å². The van der Waals surface area contributed by atoms with Crippen LogP contribution in [0.1, 0.15) is 24.5 Å². The Bertz CT molecular complexity index is 711. The highest BCUT2D eigenvalue weighted by Crippen LogP contribution is 2.35. The van der Waals surface area contributed by atoms with Crippen LogP contribution in [0.4, 0.5) is 0 Å². The van der Waals surface area contributed by atoms with Crippen LogP contribution < -0.4 is 5.32 Å². The van der Waals surface area contributed by atoms with Crippen LogP contribution in [0.2, 0.25) is 0 Å². The van der Waals surface area contributed by atoms with Crippen molar-refractivity contribution in [1.82, 2.24) is 20.5 Å². The minimum atomic E-state index is 0.524. The number of nitrogens with zero attached hydrogens (tertiary/aromatic N) is 2. The fourth-order valence-corrected chi connectivity index (χ4v) is 3.03. The molecule has 0 bridgehead atoms. The molecule has 0 aliphatic carbocycles. The number of rotatable bonds is 2. The summed E-state index contributed by atoms with van der Waals surface area (Å²) in [5, 5.41) is 12.1. The Labute approximate surface area is 116 Å². The van der Waals surface area contributed by atoms with E-state index in [1.165, 1.54) is 5.69 Å². The lowest BCUT2D eigenvalue weighted by Crippen LogP contribution is -2.26. The van der Waals surface area contributed by atoms with Gasteiger partial charge in [0.05, 0.1) is 17.9 Å². The zero-order valence-corrected chi connectivity index (χ0v) is 11.1. The highest BCUT2D eigenvalue weighted by molar-refractivity contribution is 5.94. The average molecular weight is 268 g/mol. The van der Waals surface area contributed by atoms with Crippen molar-refractivity contribution in [2.45, 2.75) is 18.8 Å². The third kappa shape index (κ3) is 1.82. The number of hydrogen-bond acceptors (Lipinski definition) is 4. The lowest BCUT2D eigenvalue weighted by Gasteiger charge is -2.22. The number of fused-ring (bicyclic) bond motifs is 1. The van der Waals surface area contributed by atoms with Crippen molar-refractivity contribution < 1.29 is 4.42 Å². The molecule has 4 rings (SSSR count). The van der Waals surface area contributed by atoms with Crippen molar-refractivity contribution in [3.63, 3.8) is 0 Å². The molecule has 0 radical (unpaired) electrons. The molecule has 0 amide bonds. The minimum absolute atomic E-state index is 0.524. The summed E-state index contributed by atoms with van der Waals surface area (Å²) < 4.78 is 5.22. The minimum Gasteiger partial charge on any atom is -0.472 e. The molecule has 102 valence electrons. The van der Waals surface area contributed by atoms with Crippen LogP contribution in [0.15, 0.2) is 35.3 Å². The predicted octanol–water partition coefficient (Wildman–Crippen LogP) is 2.68. The third-order valence-electron chi connectivity index (χ3n) is 4.06. The summed E-state index contributed by atoms with van der Waals surface area (Å²) in [4.78, 5) is 4.38. The summed E-state index contributed by atoms with van der Waals surface area (Å²) in [7, 11) is 0. The van der Waals surface area contributed by atoms with Crippen molar-refractivity contribution in [3.8, 4) is 11.1 Å². The zero-order valence-electron chi connectivity index (χ0n) is 11.1. The normalized spacial score (nSPS) is 16.8. The lowest BCUT2D eigenvalue weighted by molar-refractivity contribution is 0.454. The van der Waals surface area contributed by atoms with Gasteiger partial charge in [-0.1, -0.05) is 0 Å². The molecular weight excluding hydrogens is 252 g/mol. The fraction of sp³-hybridized carbons (Fsp3) is 0.333. The van der Waals surface area contributed by atoms with E-state index in [1.807, 2.05) is 12.1 Å². The van der Waals surface area contributed by atoms with Gasteiger partial charge in [0, 0.05) is 23.4 Å². The van der Waals surface area contributed by atoms with E-state index >= 15 is 0 Å². The topological polar surface area (TPSA) is 66.7 Å². The van der Waals surface area contributed by atoms with Gasteiger partial charge in [-0.2, -0.15) is 5.10 Å². The summed E-state index contributed by atoms with van der Waals surface area (Å²) >= 11 is 0. The van der Waals surface area contributed by atoms with Crippen LogP contribution in [0, 0.1) is 0 Å². The molecule has 1 fully saturated rings. The van der Waals surface area contributed by atoms with E-state index in [4.69, 9.17) is 4.42 Å². The number of nitrogens with one attached hydrogen (secondary N) is 2. The second-order valence-corrected chi connectivity index (χ2v) is 5.23. The summed E-state index contributed by atoms with van der Waals surface area (Å²) in [5.41, 5.74) is 4.23. The molecule has 5 nitrogen and oxygen atoms in total. The summed E-state index contributed by atoms with van der Waals surface area (Å²) in [6.07, 6.45) is 7.55. The maximum absolute atomic E-state index is 5.22. The first-order valence-electron chi connectivity index (χ1n) is 7.00. The maximum Gasteiger partial charge on any atom is 0.181 e. The molecule has 0 aromatic carbocycles. The van der Waals surface area contributed by atoms with Crippen LogP contribution >= 0.6 is 0 Å². The Hall–Kier alpha value is -2.14. The van der Waals surface area contributed by atoms with Crippen LogP contribution in [-0.2, 0) is 0 Å². The Morgan fingerprint density at radius 2 is 2.10 bits per heavy atom. The molecule has 0 unspecified atom stereocenters. The van der Waals surface area contributed by atoms with Crippen molar-refractivity contribution >= 4 is 11.0 Å². The Morgan fingerprint density at radius 1 is 1.20 bits per heavy atom. The van der Waals surface area contributed by atoms with Gasteiger partial charge in [-0.15, -0.1) is 0 Å². The largest absolute Gasteiger partial charge is 0.472 e. The van der Waals surface area contributed by atoms with Gasteiger partial charge in [0.15, 0.2) is 5.65 Å². The van der Waals surface area contributed by atoms with E-state index < -0.39 is 0 Å². The Morgan fingerprint density at radius 3 is 2.90 bits per heavy atom. The van der Waals surface area contributed by atoms with Crippen LogP contribution in [-0.4, -0.2) is 28.3 Å².